The van der Waals surface area contributed by atoms with Crippen LogP contribution in [0.25, 0.3) is 11.4 Å². The summed E-state index contributed by atoms with van der Waals surface area (Å²) in [7, 11) is 0. The minimum atomic E-state index is -0.298. The van der Waals surface area contributed by atoms with E-state index in [2.05, 4.69) is 15.0 Å². The van der Waals surface area contributed by atoms with Crippen LogP contribution < -0.4 is 0 Å². The van der Waals surface area contributed by atoms with Crippen molar-refractivity contribution in [3.05, 3.63) is 36.0 Å². The summed E-state index contributed by atoms with van der Waals surface area (Å²) >= 11 is 0. The van der Waals surface area contributed by atoms with Crippen LogP contribution in [0.1, 0.15) is 38.0 Å². The lowest BCUT2D eigenvalue weighted by Crippen LogP contribution is -2.44. The van der Waals surface area contributed by atoms with Gasteiger partial charge in [-0.05, 0) is 50.6 Å². The zero-order valence-electron chi connectivity index (χ0n) is 14.0. The summed E-state index contributed by atoms with van der Waals surface area (Å²) in [6.45, 7) is 3.51. The van der Waals surface area contributed by atoms with Gasteiger partial charge in [0.05, 0.1) is 5.92 Å². The van der Waals surface area contributed by atoms with Crippen molar-refractivity contribution < 1.29 is 18.4 Å². The van der Waals surface area contributed by atoms with Gasteiger partial charge in [0.1, 0.15) is 18.0 Å². The maximum Gasteiger partial charge on any atom is 0.323 e. The Kier molecular flexibility index (Phi) is 4.25. The van der Waals surface area contributed by atoms with Crippen molar-refractivity contribution in [3.8, 4) is 11.4 Å². The topological polar surface area (TPSA) is 68.5 Å². The van der Waals surface area contributed by atoms with Crippen LogP contribution in [0, 0.1) is 5.82 Å². The van der Waals surface area contributed by atoms with Crippen molar-refractivity contribution in [2.75, 3.05) is 13.1 Å². The molecule has 132 valence electrons. The lowest BCUT2D eigenvalue weighted by molar-refractivity contribution is -0.145. The summed E-state index contributed by atoms with van der Waals surface area (Å²) in [4.78, 5) is 18.7. The molecule has 2 aliphatic heterocycles. The number of benzene rings is 1. The second-order valence-corrected chi connectivity index (χ2v) is 6.80. The highest BCUT2D eigenvalue weighted by Crippen LogP contribution is 2.31. The molecule has 2 aromatic rings. The maximum absolute atomic E-state index is 13.0. The number of rotatable bonds is 3. The Hall–Kier alpha value is -2.28. The third-order valence-electron chi connectivity index (χ3n) is 4.93. The molecular formula is C18H20FN3O3. The number of nitrogens with zero attached hydrogens (tertiary/aromatic N) is 3. The Bertz CT molecular complexity index is 761. The average molecular weight is 345 g/mol. The highest BCUT2D eigenvalue weighted by molar-refractivity contribution is 5.78. The molecule has 4 rings (SSSR count). The van der Waals surface area contributed by atoms with Crippen LogP contribution in [0.2, 0.25) is 0 Å². The smallest absolute Gasteiger partial charge is 0.323 e. The van der Waals surface area contributed by atoms with Gasteiger partial charge in [-0.3, -0.25) is 9.69 Å². The predicted molar refractivity (Wildman–Crippen MR) is 87.2 cm³/mol. The zero-order valence-corrected chi connectivity index (χ0v) is 14.0. The third kappa shape index (κ3) is 3.28. The van der Waals surface area contributed by atoms with Crippen molar-refractivity contribution in [2.45, 2.75) is 44.2 Å². The molecule has 0 saturated carbocycles. The van der Waals surface area contributed by atoms with Crippen LogP contribution in [0.5, 0.6) is 0 Å². The SMILES string of the molecule is C[C@@H]1C[C@H](N2CCC[C@H](c3nc(-c4ccc(F)cc4)no3)C2)C(=O)O1. The fourth-order valence-corrected chi connectivity index (χ4v) is 3.64. The number of carbonyl (C=O) groups is 1. The number of aromatic nitrogens is 2. The first-order valence-corrected chi connectivity index (χ1v) is 8.64. The Morgan fingerprint density at radius 2 is 2.08 bits per heavy atom. The van der Waals surface area contributed by atoms with Crippen LogP contribution >= 0.6 is 0 Å². The van der Waals surface area contributed by atoms with Gasteiger partial charge in [0.25, 0.3) is 0 Å². The summed E-state index contributed by atoms with van der Waals surface area (Å²) in [5.74, 6) is 0.697. The lowest BCUT2D eigenvalue weighted by atomic mass is 9.96. The zero-order chi connectivity index (χ0) is 17.4. The van der Waals surface area contributed by atoms with E-state index in [4.69, 9.17) is 9.26 Å². The van der Waals surface area contributed by atoms with Crippen molar-refractivity contribution in [3.63, 3.8) is 0 Å². The van der Waals surface area contributed by atoms with E-state index in [-0.39, 0.29) is 29.9 Å². The van der Waals surface area contributed by atoms with E-state index in [1.165, 1.54) is 12.1 Å². The van der Waals surface area contributed by atoms with E-state index >= 15 is 0 Å². The van der Waals surface area contributed by atoms with Gasteiger partial charge < -0.3 is 9.26 Å². The number of halogens is 1. The second-order valence-electron chi connectivity index (χ2n) is 6.80. The molecule has 3 heterocycles. The van der Waals surface area contributed by atoms with Gasteiger partial charge in [0.15, 0.2) is 0 Å². The van der Waals surface area contributed by atoms with Crippen LogP contribution in [0.4, 0.5) is 4.39 Å². The number of cyclic esters (lactones) is 1. The first-order chi connectivity index (χ1) is 12.1. The van der Waals surface area contributed by atoms with Crippen molar-refractivity contribution in [1.82, 2.24) is 15.0 Å². The van der Waals surface area contributed by atoms with Gasteiger partial charge >= 0.3 is 5.97 Å². The molecule has 0 bridgehead atoms. The Morgan fingerprint density at radius 1 is 1.28 bits per heavy atom. The number of hydrogen-bond acceptors (Lipinski definition) is 6. The van der Waals surface area contributed by atoms with Gasteiger partial charge in [-0.15, -0.1) is 0 Å². The molecule has 0 unspecified atom stereocenters. The van der Waals surface area contributed by atoms with Gasteiger partial charge in [-0.25, -0.2) is 4.39 Å². The highest BCUT2D eigenvalue weighted by atomic mass is 19.1. The van der Waals surface area contributed by atoms with Crippen molar-refractivity contribution >= 4 is 5.97 Å². The normalized spacial score (nSPS) is 27.4. The van der Waals surface area contributed by atoms with Crippen molar-refractivity contribution in [1.29, 1.82) is 0 Å². The van der Waals surface area contributed by atoms with Gasteiger partial charge in [0, 0.05) is 18.5 Å². The minimum Gasteiger partial charge on any atom is -0.461 e. The minimum absolute atomic E-state index is 0.0219. The number of piperidine rings is 1. The summed E-state index contributed by atoms with van der Waals surface area (Å²) in [6, 6.07) is 5.85. The van der Waals surface area contributed by atoms with Gasteiger partial charge in [0.2, 0.25) is 11.7 Å². The average Bonchev–Trinajstić information content (AvgIpc) is 3.22. The second kappa shape index (κ2) is 6.55. The first kappa shape index (κ1) is 16.2. The molecule has 0 spiro atoms. The monoisotopic (exact) mass is 345 g/mol. The maximum atomic E-state index is 13.0. The molecule has 7 heteroatoms. The van der Waals surface area contributed by atoms with E-state index in [1.807, 2.05) is 6.92 Å². The van der Waals surface area contributed by atoms with Crippen LogP contribution in [-0.4, -0.2) is 46.2 Å². The van der Waals surface area contributed by atoms with E-state index in [9.17, 15) is 9.18 Å². The molecule has 0 radical (unpaired) electrons. The van der Waals surface area contributed by atoms with E-state index < -0.39 is 0 Å². The lowest BCUT2D eigenvalue weighted by Gasteiger charge is -2.33. The molecule has 1 aromatic heterocycles. The van der Waals surface area contributed by atoms with E-state index in [0.717, 1.165) is 31.4 Å². The van der Waals surface area contributed by atoms with Gasteiger partial charge in [-0.1, -0.05) is 5.16 Å². The molecule has 0 amide bonds. The first-order valence-electron chi connectivity index (χ1n) is 8.64. The number of carbonyl (C=O) groups excluding carboxylic acids is 1. The van der Waals surface area contributed by atoms with E-state index in [1.54, 1.807) is 12.1 Å². The Morgan fingerprint density at radius 3 is 2.80 bits per heavy atom. The Balaban J connectivity index is 1.48. The molecule has 2 aliphatic rings. The van der Waals surface area contributed by atoms with Crippen molar-refractivity contribution in [2.24, 2.45) is 0 Å². The van der Waals surface area contributed by atoms with Crippen LogP contribution in [-0.2, 0) is 9.53 Å². The number of ether oxygens (including phenoxy) is 1. The standard InChI is InChI=1S/C18H20FN3O3/c1-11-9-15(18(23)24-11)22-8-2-3-13(10-22)17-20-16(21-25-17)12-4-6-14(19)7-5-12/h4-7,11,13,15H,2-3,8-10H2,1H3/t11-,13+,15+/m1/s1. The molecule has 1 aromatic carbocycles. The quantitative estimate of drug-likeness (QED) is 0.797. The van der Waals surface area contributed by atoms with Gasteiger partial charge in [-0.2, -0.15) is 4.98 Å². The number of esters is 1. The van der Waals surface area contributed by atoms with E-state index in [0.29, 0.717) is 18.3 Å². The number of likely N-dealkylation sites (tertiary alicyclic amines) is 1. The summed E-state index contributed by atoms with van der Waals surface area (Å²) in [5.41, 5.74) is 0.720. The molecule has 0 aliphatic carbocycles. The van der Waals surface area contributed by atoms with Crippen LogP contribution in [0.3, 0.4) is 0 Å². The molecule has 6 nitrogen and oxygen atoms in total. The largest absolute Gasteiger partial charge is 0.461 e. The molecular weight excluding hydrogens is 325 g/mol. The van der Waals surface area contributed by atoms with Crippen LogP contribution in [0.15, 0.2) is 28.8 Å². The summed E-state index contributed by atoms with van der Waals surface area (Å²) < 4.78 is 23.8. The predicted octanol–water partition coefficient (Wildman–Crippen LogP) is 2.76. The summed E-state index contributed by atoms with van der Waals surface area (Å²) in [5, 5.41) is 4.02. The molecule has 2 fully saturated rings. The fraction of sp³-hybridized carbons (Fsp3) is 0.500. The summed E-state index contributed by atoms with van der Waals surface area (Å²) in [6.07, 6.45) is 2.62. The molecule has 3 atom stereocenters. The number of hydrogen-bond donors (Lipinski definition) is 0. The highest BCUT2D eigenvalue weighted by Gasteiger charge is 2.39. The molecule has 2 saturated heterocycles. The molecule has 0 N–H and O–H groups in total. The Labute approximate surface area is 145 Å². The molecule has 25 heavy (non-hydrogen) atoms. The third-order valence-corrected chi connectivity index (χ3v) is 4.93. The fourth-order valence-electron chi connectivity index (χ4n) is 3.64.